The maximum Gasteiger partial charge on any atom is 0.00502 e. The molecule has 0 aromatic heterocycles. The van der Waals surface area contributed by atoms with Crippen LogP contribution in [0.5, 0.6) is 0 Å². The van der Waals surface area contributed by atoms with Crippen molar-refractivity contribution in [2.24, 2.45) is 0 Å². The van der Waals surface area contributed by atoms with Gasteiger partial charge in [-0.25, -0.2) is 0 Å². The highest BCUT2D eigenvalue weighted by Crippen LogP contribution is 2.31. The van der Waals surface area contributed by atoms with Gasteiger partial charge in [-0.2, -0.15) is 0 Å². The summed E-state index contributed by atoms with van der Waals surface area (Å²) in [5, 5.41) is 3.57. The number of nitrogens with one attached hydrogen (secondary N) is 1. The van der Waals surface area contributed by atoms with Crippen molar-refractivity contribution in [2.45, 2.75) is 38.1 Å². The lowest BCUT2D eigenvalue weighted by Crippen LogP contribution is -2.45. The molecule has 0 amide bonds. The van der Waals surface area contributed by atoms with Crippen LogP contribution in [0.1, 0.15) is 32.3 Å². The highest BCUT2D eigenvalue weighted by Gasteiger charge is 2.30. The first-order valence-electron chi connectivity index (χ1n) is 5.50. The minimum absolute atomic E-state index is 0.341. The Labute approximate surface area is 86.5 Å². The molecule has 1 aliphatic heterocycles. The Bertz CT molecular complexity index is 283. The molecular weight excluding hydrogens is 170 g/mol. The van der Waals surface area contributed by atoms with Crippen LogP contribution in [0.15, 0.2) is 30.3 Å². The summed E-state index contributed by atoms with van der Waals surface area (Å²) in [5.41, 5.74) is 1.81. The Morgan fingerprint density at radius 2 is 2.00 bits per heavy atom. The van der Waals surface area contributed by atoms with Gasteiger partial charge >= 0.3 is 0 Å². The molecule has 1 saturated heterocycles. The third-order valence-electron chi connectivity index (χ3n) is 3.44. The summed E-state index contributed by atoms with van der Waals surface area (Å²) in [5.74, 6) is 0. The van der Waals surface area contributed by atoms with Gasteiger partial charge in [-0.05, 0) is 25.3 Å². The summed E-state index contributed by atoms with van der Waals surface area (Å²) in [4.78, 5) is 0. The summed E-state index contributed by atoms with van der Waals surface area (Å²) >= 11 is 0. The van der Waals surface area contributed by atoms with E-state index in [-0.39, 0.29) is 0 Å². The van der Waals surface area contributed by atoms with Gasteiger partial charge in [0.15, 0.2) is 0 Å². The SMILES string of the molecule is C[C@H]1CC[C@](C)(c2ccccc2)CN1. The van der Waals surface area contributed by atoms with Crippen molar-refractivity contribution in [3.63, 3.8) is 0 Å². The van der Waals surface area contributed by atoms with E-state index in [1.807, 2.05) is 0 Å². The number of rotatable bonds is 1. The summed E-state index contributed by atoms with van der Waals surface area (Å²) in [6, 6.07) is 11.5. The Morgan fingerprint density at radius 3 is 2.57 bits per heavy atom. The first kappa shape index (κ1) is 9.72. The monoisotopic (exact) mass is 189 g/mol. The number of hydrogen-bond acceptors (Lipinski definition) is 1. The molecule has 2 atom stereocenters. The third kappa shape index (κ3) is 1.83. The molecule has 76 valence electrons. The first-order chi connectivity index (χ1) is 6.71. The highest BCUT2D eigenvalue weighted by molar-refractivity contribution is 5.25. The average molecular weight is 189 g/mol. The van der Waals surface area contributed by atoms with Crippen LogP contribution in [-0.4, -0.2) is 12.6 Å². The minimum atomic E-state index is 0.341. The van der Waals surface area contributed by atoms with Crippen LogP contribution < -0.4 is 5.32 Å². The lowest BCUT2D eigenvalue weighted by molar-refractivity contribution is 0.292. The maximum absolute atomic E-state index is 3.57. The van der Waals surface area contributed by atoms with Gasteiger partial charge in [0, 0.05) is 18.0 Å². The highest BCUT2D eigenvalue weighted by atomic mass is 14.9. The fourth-order valence-corrected chi connectivity index (χ4v) is 2.21. The second kappa shape index (κ2) is 3.74. The number of hydrogen-bond donors (Lipinski definition) is 1. The third-order valence-corrected chi connectivity index (χ3v) is 3.44. The lowest BCUT2D eigenvalue weighted by atomic mass is 9.75. The molecule has 1 nitrogen and oxygen atoms in total. The van der Waals surface area contributed by atoms with Crippen molar-refractivity contribution >= 4 is 0 Å². The largest absolute Gasteiger partial charge is 0.313 e. The second-order valence-corrected chi connectivity index (χ2v) is 4.75. The minimum Gasteiger partial charge on any atom is -0.313 e. The number of benzene rings is 1. The van der Waals surface area contributed by atoms with E-state index >= 15 is 0 Å². The Kier molecular flexibility index (Phi) is 2.60. The van der Waals surface area contributed by atoms with Crippen molar-refractivity contribution in [1.29, 1.82) is 0 Å². The second-order valence-electron chi connectivity index (χ2n) is 4.75. The molecule has 1 aromatic carbocycles. The normalized spacial score (nSPS) is 32.9. The van der Waals surface area contributed by atoms with E-state index in [0.29, 0.717) is 11.5 Å². The van der Waals surface area contributed by atoms with Gasteiger partial charge in [-0.15, -0.1) is 0 Å². The molecule has 1 aliphatic rings. The molecule has 0 unspecified atom stereocenters. The lowest BCUT2D eigenvalue weighted by Gasteiger charge is -2.37. The maximum atomic E-state index is 3.57. The van der Waals surface area contributed by atoms with Crippen LogP contribution in [0.2, 0.25) is 0 Å². The van der Waals surface area contributed by atoms with E-state index in [1.54, 1.807) is 0 Å². The Hall–Kier alpha value is -0.820. The van der Waals surface area contributed by atoms with Crippen LogP contribution >= 0.6 is 0 Å². The first-order valence-corrected chi connectivity index (χ1v) is 5.50. The molecule has 0 saturated carbocycles. The Morgan fingerprint density at radius 1 is 1.29 bits per heavy atom. The topological polar surface area (TPSA) is 12.0 Å². The molecule has 14 heavy (non-hydrogen) atoms. The standard InChI is InChI=1S/C13H19N/c1-11-8-9-13(2,10-14-11)12-6-4-3-5-7-12/h3-7,11,14H,8-10H2,1-2H3/t11-,13-/m0/s1. The molecule has 1 aromatic rings. The van der Waals surface area contributed by atoms with E-state index in [0.717, 1.165) is 6.54 Å². The van der Waals surface area contributed by atoms with Gasteiger partial charge in [-0.3, -0.25) is 0 Å². The molecule has 1 N–H and O–H groups in total. The Balaban J connectivity index is 2.17. The average Bonchev–Trinajstić information content (AvgIpc) is 2.24. The summed E-state index contributed by atoms with van der Waals surface area (Å²) in [7, 11) is 0. The van der Waals surface area contributed by atoms with Crippen molar-refractivity contribution in [3.8, 4) is 0 Å². The van der Waals surface area contributed by atoms with Gasteiger partial charge in [0.25, 0.3) is 0 Å². The van der Waals surface area contributed by atoms with Crippen molar-refractivity contribution in [3.05, 3.63) is 35.9 Å². The van der Waals surface area contributed by atoms with Gasteiger partial charge in [-0.1, -0.05) is 37.3 Å². The molecule has 1 heterocycles. The van der Waals surface area contributed by atoms with Gasteiger partial charge in [0.2, 0.25) is 0 Å². The van der Waals surface area contributed by atoms with E-state index in [4.69, 9.17) is 0 Å². The van der Waals surface area contributed by atoms with Gasteiger partial charge < -0.3 is 5.32 Å². The zero-order chi connectivity index (χ0) is 10.0. The smallest absolute Gasteiger partial charge is 0.00502 e. The fraction of sp³-hybridized carbons (Fsp3) is 0.538. The van der Waals surface area contributed by atoms with E-state index in [2.05, 4.69) is 49.5 Å². The molecule has 0 aliphatic carbocycles. The molecular formula is C13H19N. The van der Waals surface area contributed by atoms with Crippen molar-refractivity contribution in [2.75, 3.05) is 6.54 Å². The van der Waals surface area contributed by atoms with Crippen LogP contribution in [0.25, 0.3) is 0 Å². The predicted octanol–water partition coefficient (Wildman–Crippen LogP) is 2.72. The quantitative estimate of drug-likeness (QED) is 0.716. The van der Waals surface area contributed by atoms with E-state index in [9.17, 15) is 0 Å². The summed E-state index contributed by atoms with van der Waals surface area (Å²) < 4.78 is 0. The van der Waals surface area contributed by atoms with Crippen molar-refractivity contribution < 1.29 is 0 Å². The zero-order valence-electron chi connectivity index (χ0n) is 9.09. The molecule has 0 spiro atoms. The van der Waals surface area contributed by atoms with Gasteiger partial charge in [0.05, 0.1) is 0 Å². The van der Waals surface area contributed by atoms with Crippen LogP contribution in [0.3, 0.4) is 0 Å². The molecule has 1 fully saturated rings. The molecule has 0 bridgehead atoms. The van der Waals surface area contributed by atoms with Crippen molar-refractivity contribution in [1.82, 2.24) is 5.32 Å². The number of piperidine rings is 1. The molecule has 1 heteroatoms. The molecule has 2 rings (SSSR count). The predicted molar refractivity (Wildman–Crippen MR) is 60.5 cm³/mol. The van der Waals surface area contributed by atoms with Gasteiger partial charge in [0.1, 0.15) is 0 Å². The summed E-state index contributed by atoms with van der Waals surface area (Å²) in [6.45, 7) is 5.74. The zero-order valence-corrected chi connectivity index (χ0v) is 9.09. The molecule has 0 radical (unpaired) electrons. The van der Waals surface area contributed by atoms with Crippen LogP contribution in [-0.2, 0) is 5.41 Å². The van der Waals surface area contributed by atoms with E-state index < -0.39 is 0 Å². The van der Waals surface area contributed by atoms with Crippen LogP contribution in [0, 0.1) is 0 Å². The summed E-state index contributed by atoms with van der Waals surface area (Å²) in [6.07, 6.45) is 2.58. The van der Waals surface area contributed by atoms with E-state index in [1.165, 1.54) is 18.4 Å². The fourth-order valence-electron chi connectivity index (χ4n) is 2.21. The van der Waals surface area contributed by atoms with Crippen LogP contribution in [0.4, 0.5) is 0 Å².